The molecule has 4 rings (SSSR count). The maximum absolute atomic E-state index is 12.6. The molecule has 0 fully saturated rings. The second-order valence-electron chi connectivity index (χ2n) is 5.12. The summed E-state index contributed by atoms with van der Waals surface area (Å²) in [6.45, 7) is 0.533. The number of para-hydroxylation sites is 1. The van der Waals surface area contributed by atoms with Gasteiger partial charge in [0.1, 0.15) is 17.1 Å². The molecule has 0 amide bonds. The van der Waals surface area contributed by atoms with E-state index < -0.39 is 11.4 Å². The molecule has 120 valence electrons. The number of fused-ring (bicyclic) bond motifs is 1. The Balaban J connectivity index is 1.61. The van der Waals surface area contributed by atoms with Crippen LogP contribution in [0.15, 0.2) is 65.7 Å². The highest BCUT2D eigenvalue weighted by Gasteiger charge is 2.35. The lowest BCUT2D eigenvalue weighted by atomic mass is 10.2. The van der Waals surface area contributed by atoms with Crippen LogP contribution in [0.2, 0.25) is 5.02 Å². The first-order valence-electron chi connectivity index (χ1n) is 7.25. The highest BCUT2D eigenvalue weighted by atomic mass is 35.5. The number of benzene rings is 2. The summed E-state index contributed by atoms with van der Waals surface area (Å²) in [7, 11) is 0. The summed E-state index contributed by atoms with van der Waals surface area (Å²) in [6, 6.07) is 16.6. The van der Waals surface area contributed by atoms with Gasteiger partial charge in [0.15, 0.2) is 10.7 Å². The molecule has 0 saturated carbocycles. The van der Waals surface area contributed by atoms with Crippen LogP contribution in [0.5, 0.6) is 11.8 Å². The van der Waals surface area contributed by atoms with Gasteiger partial charge < -0.3 is 9.29 Å². The van der Waals surface area contributed by atoms with E-state index in [1.807, 2.05) is 36.4 Å². The normalized spacial score (nSPS) is 16.1. The molecular weight excluding hydrogens is 346 g/mol. The van der Waals surface area contributed by atoms with Crippen LogP contribution in [0.1, 0.15) is 5.56 Å². The number of anilines is 1. The lowest BCUT2D eigenvalue weighted by Gasteiger charge is -2.17. The van der Waals surface area contributed by atoms with E-state index in [4.69, 9.17) is 16.3 Å². The van der Waals surface area contributed by atoms with E-state index in [2.05, 4.69) is 9.97 Å². The Bertz CT molecular complexity index is 893. The quantitative estimate of drug-likeness (QED) is 0.664. The Morgan fingerprint density at radius 3 is 2.71 bits per heavy atom. The zero-order chi connectivity index (χ0) is 16.5. The maximum atomic E-state index is 12.6. The molecule has 0 aliphatic carbocycles. The van der Waals surface area contributed by atoms with Crippen LogP contribution in [-0.2, 0) is 17.9 Å². The predicted octanol–water partition coefficient (Wildman–Crippen LogP) is 3.97. The molecule has 0 radical (unpaired) electrons. The van der Waals surface area contributed by atoms with Gasteiger partial charge >= 0.3 is 6.01 Å². The van der Waals surface area contributed by atoms with Gasteiger partial charge in [-0.3, -0.25) is 0 Å². The van der Waals surface area contributed by atoms with Crippen LogP contribution in [0.3, 0.4) is 0 Å². The van der Waals surface area contributed by atoms with Crippen LogP contribution < -0.4 is 9.04 Å². The number of aromatic nitrogens is 2. The summed E-state index contributed by atoms with van der Waals surface area (Å²) in [4.78, 5) is 9.28. The van der Waals surface area contributed by atoms with E-state index in [-0.39, 0.29) is 6.01 Å². The topological polar surface area (TPSA) is 61.3 Å². The zero-order valence-corrected chi connectivity index (χ0v) is 14.0. The second-order valence-corrected chi connectivity index (χ2v) is 6.91. The smallest absolute Gasteiger partial charge is 0.324 e. The molecule has 0 saturated heterocycles. The Morgan fingerprint density at radius 1 is 1.08 bits per heavy atom. The lowest BCUT2D eigenvalue weighted by Crippen LogP contribution is -2.24. The third-order valence-electron chi connectivity index (χ3n) is 3.59. The van der Waals surface area contributed by atoms with Gasteiger partial charge in [-0.15, -0.1) is 0 Å². The molecule has 0 N–H and O–H groups in total. The lowest BCUT2D eigenvalue weighted by molar-refractivity contribution is 0.442. The van der Waals surface area contributed by atoms with E-state index in [0.29, 0.717) is 23.1 Å². The van der Waals surface area contributed by atoms with Crippen LogP contribution >= 0.6 is 11.6 Å². The van der Waals surface area contributed by atoms with Gasteiger partial charge in [0.05, 0.1) is 11.6 Å². The number of hydrogen-bond donors (Lipinski definition) is 0. The second kappa shape index (κ2) is 6.32. The van der Waals surface area contributed by atoms with Crippen molar-refractivity contribution in [3.63, 3.8) is 0 Å². The average molecular weight is 358 g/mol. The number of halogens is 1. The third kappa shape index (κ3) is 2.80. The summed E-state index contributed by atoms with van der Waals surface area (Å²) in [5, 5.41) is 0.476. The van der Waals surface area contributed by atoms with Gasteiger partial charge in [0.2, 0.25) is 0 Å². The van der Waals surface area contributed by atoms with Gasteiger partial charge in [-0.05, 0) is 18.2 Å². The molecule has 3 aromatic rings. The van der Waals surface area contributed by atoms with Crippen molar-refractivity contribution in [1.29, 1.82) is 0 Å². The number of rotatable bonds is 3. The van der Waals surface area contributed by atoms with Gasteiger partial charge in [-0.1, -0.05) is 41.9 Å². The Hall–Kier alpha value is -2.28. The Kier molecular flexibility index (Phi) is 4.02. The SMILES string of the molecule is [O-][S+]1c2ccccc2CN1c1ccnc(Oc2ccccc2Cl)n1. The molecule has 24 heavy (non-hydrogen) atoms. The summed E-state index contributed by atoms with van der Waals surface area (Å²) in [6.07, 6.45) is 1.58. The predicted molar refractivity (Wildman–Crippen MR) is 92.6 cm³/mol. The van der Waals surface area contributed by atoms with E-state index in [9.17, 15) is 4.55 Å². The monoisotopic (exact) mass is 357 g/mol. The van der Waals surface area contributed by atoms with Crippen molar-refractivity contribution >= 4 is 28.8 Å². The van der Waals surface area contributed by atoms with Crippen LogP contribution in [0.4, 0.5) is 5.82 Å². The van der Waals surface area contributed by atoms with Crippen molar-refractivity contribution in [1.82, 2.24) is 9.97 Å². The van der Waals surface area contributed by atoms with Crippen LogP contribution in [-0.4, -0.2) is 14.5 Å². The molecule has 0 spiro atoms. The van der Waals surface area contributed by atoms with E-state index in [0.717, 1.165) is 10.5 Å². The molecule has 7 heteroatoms. The van der Waals surface area contributed by atoms with Crippen molar-refractivity contribution in [2.45, 2.75) is 11.4 Å². The molecule has 1 aliphatic rings. The first-order chi connectivity index (χ1) is 11.7. The van der Waals surface area contributed by atoms with Crippen molar-refractivity contribution < 1.29 is 9.29 Å². The molecule has 2 heterocycles. The van der Waals surface area contributed by atoms with Gasteiger partial charge in [0.25, 0.3) is 0 Å². The van der Waals surface area contributed by atoms with Gasteiger partial charge in [-0.25, -0.2) is 4.98 Å². The minimum absolute atomic E-state index is 0.161. The summed E-state index contributed by atoms with van der Waals surface area (Å²) >= 11 is 4.80. The summed E-state index contributed by atoms with van der Waals surface area (Å²) < 4.78 is 20.0. The van der Waals surface area contributed by atoms with E-state index >= 15 is 0 Å². The van der Waals surface area contributed by atoms with Crippen molar-refractivity contribution in [2.75, 3.05) is 4.31 Å². The minimum Gasteiger partial charge on any atom is -0.588 e. The molecule has 1 aliphatic heterocycles. The Labute approximate surface area is 147 Å². The fourth-order valence-electron chi connectivity index (χ4n) is 2.45. The molecule has 2 aromatic carbocycles. The number of ether oxygens (including phenoxy) is 1. The summed E-state index contributed by atoms with van der Waals surface area (Å²) in [5.74, 6) is 1.02. The molecule has 1 atom stereocenters. The first-order valence-corrected chi connectivity index (χ1v) is 8.73. The van der Waals surface area contributed by atoms with E-state index in [1.165, 1.54) is 0 Å². The average Bonchev–Trinajstić information content (AvgIpc) is 2.95. The van der Waals surface area contributed by atoms with Crippen molar-refractivity contribution in [3.8, 4) is 11.8 Å². The van der Waals surface area contributed by atoms with Gasteiger partial charge in [-0.2, -0.15) is 9.29 Å². The highest BCUT2D eigenvalue weighted by molar-refractivity contribution is 7.93. The molecule has 1 unspecified atom stereocenters. The number of hydrogen-bond acceptors (Lipinski definition) is 5. The number of nitrogens with zero attached hydrogens (tertiary/aromatic N) is 3. The van der Waals surface area contributed by atoms with Crippen molar-refractivity contribution in [2.24, 2.45) is 0 Å². The summed E-state index contributed by atoms with van der Waals surface area (Å²) in [5.41, 5.74) is 1.03. The maximum Gasteiger partial charge on any atom is 0.324 e. The third-order valence-corrected chi connectivity index (χ3v) is 5.39. The molecular formula is C17H12ClN3O2S. The van der Waals surface area contributed by atoms with Crippen LogP contribution in [0.25, 0.3) is 0 Å². The molecule has 5 nitrogen and oxygen atoms in total. The molecule has 1 aromatic heterocycles. The fraction of sp³-hybridized carbons (Fsp3) is 0.0588. The largest absolute Gasteiger partial charge is 0.588 e. The first kappa shape index (κ1) is 15.3. The van der Waals surface area contributed by atoms with Gasteiger partial charge in [0, 0.05) is 17.8 Å². The Morgan fingerprint density at radius 2 is 1.88 bits per heavy atom. The highest BCUT2D eigenvalue weighted by Crippen LogP contribution is 2.34. The van der Waals surface area contributed by atoms with Crippen LogP contribution in [0, 0.1) is 0 Å². The van der Waals surface area contributed by atoms with E-state index in [1.54, 1.807) is 28.7 Å². The molecule has 0 bridgehead atoms. The standard InChI is InChI=1S/C17H12ClN3O2S/c18-13-6-2-3-7-14(13)23-17-19-10-9-16(20-17)21-11-12-5-1-4-8-15(12)24(21)22/h1-10H,11H2. The fourth-order valence-corrected chi connectivity index (χ4v) is 3.94. The zero-order valence-electron chi connectivity index (χ0n) is 12.4. The minimum atomic E-state index is -1.28. The van der Waals surface area contributed by atoms with Crippen molar-refractivity contribution in [3.05, 3.63) is 71.4 Å².